The number of hydrogen-bond donors (Lipinski definition) is 0. The molecule has 1 heterocycles. The van der Waals surface area contributed by atoms with Crippen LogP contribution in [0.2, 0.25) is 0 Å². The molecule has 6 bridgehead atoms. The van der Waals surface area contributed by atoms with E-state index in [2.05, 4.69) is 0 Å². The normalized spacial score (nSPS) is 15.3. The SMILES string of the molecule is CCOC(=O)COc1c2cc(P(=O)([O-])OCC)cc1COCc1cc(P(=O)([O-])OCC)cc(c1OCC(=O)OCC)COCc1cc(P(=O)([O-])OCC)cc(c1OCC(=O)OCC)COC2.[Li+].[Li+].[Li+]. The Balaban J connectivity index is 0.00000793. The quantitative estimate of drug-likeness (QED) is 0.0415. The molecule has 0 fully saturated rings. The van der Waals surface area contributed by atoms with Crippen molar-refractivity contribution in [3.63, 3.8) is 0 Å². The number of hydrogen-bond acceptors (Lipinski definition) is 21. The first-order valence-electron chi connectivity index (χ1n) is 20.9. The van der Waals surface area contributed by atoms with Gasteiger partial charge in [-0.2, -0.15) is 0 Å². The summed E-state index contributed by atoms with van der Waals surface area (Å²) in [6.07, 6.45) is 0. The van der Waals surface area contributed by atoms with Crippen LogP contribution >= 0.6 is 22.8 Å². The summed E-state index contributed by atoms with van der Waals surface area (Å²) in [5, 5.41) is -1.01. The molecule has 0 aliphatic carbocycles. The third kappa shape index (κ3) is 19.2. The Labute approximate surface area is 437 Å². The monoisotopic (exact) mass is 1010 g/mol. The molecule has 0 amide bonds. The van der Waals surface area contributed by atoms with Gasteiger partial charge in [0.2, 0.25) is 0 Å². The van der Waals surface area contributed by atoms with E-state index in [4.69, 9.17) is 56.2 Å². The smallest absolute Gasteiger partial charge is 0.775 e. The van der Waals surface area contributed by atoms with Crippen LogP contribution in [0.25, 0.3) is 0 Å². The van der Waals surface area contributed by atoms with Crippen molar-refractivity contribution in [2.45, 2.75) is 81.2 Å². The summed E-state index contributed by atoms with van der Waals surface area (Å²) in [5.41, 5.74) is 0.314. The summed E-state index contributed by atoms with van der Waals surface area (Å²) in [7, 11) is -14.4. The van der Waals surface area contributed by atoms with Crippen molar-refractivity contribution in [2.24, 2.45) is 0 Å². The van der Waals surface area contributed by atoms with E-state index < -0.39 is 100 Å². The predicted octanol–water partition coefficient (Wildman–Crippen LogP) is -6.37. The summed E-state index contributed by atoms with van der Waals surface area (Å²) in [5.74, 6) is -2.52. The molecule has 69 heavy (non-hydrogen) atoms. The van der Waals surface area contributed by atoms with Gasteiger partial charge >= 0.3 is 74.5 Å². The summed E-state index contributed by atoms with van der Waals surface area (Å²) in [6, 6.07) is 7.23. The fourth-order valence-electron chi connectivity index (χ4n) is 6.43. The van der Waals surface area contributed by atoms with Crippen LogP contribution in [0.3, 0.4) is 0 Å². The molecule has 3 aromatic rings. The zero-order valence-electron chi connectivity index (χ0n) is 40.5. The standard InChI is InChI=1S/C42H57O21P3.3Li/c1-7-55-37(43)25-58-40-28-13-34(64(46,47)61-10-4)14-29(40)20-53-22-31-16-36(66(50,51)63-12-6)18-33(42(31)60-27-39(45)57-9-3)24-54-23-32-17-35(65(48,49)62-11-5)15-30(21-52-19-28)41(32)59-26-38(44)56-8-2;;;/h13-18H,7-12,19-27H2,1-6H3,(H,46,47)(H,48,49)(H,50,51);;;/q;3*+1/p-3. The third-order valence-corrected chi connectivity index (χ3v) is 13.5. The summed E-state index contributed by atoms with van der Waals surface area (Å²) < 4.78 is 107. The molecule has 0 saturated carbocycles. The first-order chi connectivity index (χ1) is 31.4. The van der Waals surface area contributed by atoms with Crippen molar-refractivity contribution in [3.8, 4) is 17.2 Å². The molecular formula is C42H54Li3O21P3. The second kappa shape index (κ2) is 31.2. The van der Waals surface area contributed by atoms with Crippen LogP contribution < -0.4 is 101 Å². The molecular weight excluding hydrogens is 954 g/mol. The van der Waals surface area contributed by atoms with Crippen LogP contribution in [0.1, 0.15) is 74.9 Å². The molecule has 0 radical (unpaired) electrons. The second-order valence-electron chi connectivity index (χ2n) is 13.8. The van der Waals surface area contributed by atoms with Gasteiger partial charge in [-0.05, 0) is 77.9 Å². The van der Waals surface area contributed by atoms with Crippen LogP contribution in [-0.4, -0.2) is 77.4 Å². The topological polar surface area (TPSA) is 282 Å². The Morgan fingerprint density at radius 2 is 0.623 bits per heavy atom. The summed E-state index contributed by atoms with van der Waals surface area (Å²) >= 11 is 0. The number of ether oxygens (including phenoxy) is 9. The van der Waals surface area contributed by atoms with Gasteiger partial charge in [-0.3, -0.25) is 0 Å². The molecule has 3 aromatic carbocycles. The van der Waals surface area contributed by atoms with Crippen molar-refractivity contribution in [1.29, 1.82) is 0 Å². The van der Waals surface area contributed by atoms with Crippen molar-refractivity contribution in [3.05, 3.63) is 69.8 Å². The van der Waals surface area contributed by atoms with Gasteiger partial charge in [0.1, 0.15) is 17.2 Å². The molecule has 1 aliphatic heterocycles. The van der Waals surface area contributed by atoms with E-state index in [9.17, 15) is 42.8 Å². The van der Waals surface area contributed by atoms with Crippen LogP contribution in [0.5, 0.6) is 17.2 Å². The van der Waals surface area contributed by atoms with Gasteiger partial charge in [-0.1, -0.05) is 0 Å². The Morgan fingerprint density at radius 3 is 0.797 bits per heavy atom. The van der Waals surface area contributed by atoms with Gasteiger partial charge in [0.25, 0.3) is 0 Å². The number of benzene rings is 3. The Bertz CT molecular complexity index is 1990. The van der Waals surface area contributed by atoms with Crippen molar-refractivity contribution in [2.75, 3.05) is 59.5 Å². The van der Waals surface area contributed by atoms with Gasteiger partial charge in [-0.15, -0.1) is 0 Å². The third-order valence-electron chi connectivity index (χ3n) is 8.99. The predicted molar refractivity (Wildman–Crippen MR) is 228 cm³/mol. The number of rotatable bonds is 21. The largest absolute Gasteiger partial charge is 1.00 e. The Kier molecular flexibility index (Phi) is 29.3. The molecule has 0 aromatic heterocycles. The van der Waals surface area contributed by atoms with E-state index in [0.29, 0.717) is 0 Å². The maximum Gasteiger partial charge on any atom is 1.00 e. The molecule has 3 atom stereocenters. The average molecular weight is 1010 g/mol. The Hall–Kier alpha value is -2.41. The fourth-order valence-corrected chi connectivity index (χ4v) is 9.78. The van der Waals surface area contributed by atoms with Gasteiger partial charge in [-0.25, -0.2) is 14.4 Å². The van der Waals surface area contributed by atoms with Crippen LogP contribution in [0, 0.1) is 0 Å². The second-order valence-corrected chi connectivity index (χ2v) is 19.1. The van der Waals surface area contributed by atoms with Crippen molar-refractivity contribution >= 4 is 56.6 Å². The molecule has 21 nitrogen and oxygen atoms in total. The van der Waals surface area contributed by atoms with Crippen molar-refractivity contribution < 1.29 is 156 Å². The number of carbonyl (C=O) groups excluding carboxylic acids is 3. The summed E-state index contributed by atoms with van der Waals surface area (Å²) in [6.45, 7) is 3.95. The molecule has 1 aliphatic rings. The number of carbonyl (C=O) groups is 3. The fraction of sp³-hybridized carbons (Fsp3) is 0.500. The van der Waals surface area contributed by atoms with E-state index in [1.807, 2.05) is 0 Å². The summed E-state index contributed by atoms with van der Waals surface area (Å²) in [4.78, 5) is 78.2. The van der Waals surface area contributed by atoms with Crippen LogP contribution in [0.4, 0.5) is 0 Å². The molecule has 3 unspecified atom stereocenters. The van der Waals surface area contributed by atoms with E-state index in [1.54, 1.807) is 20.8 Å². The van der Waals surface area contributed by atoms with Gasteiger partial charge in [0.15, 0.2) is 42.6 Å². The zero-order valence-corrected chi connectivity index (χ0v) is 43.2. The van der Waals surface area contributed by atoms with Crippen LogP contribution in [-0.2, 0) is 110 Å². The number of fused-ring (bicyclic) bond motifs is 6. The van der Waals surface area contributed by atoms with Gasteiger partial charge < -0.3 is 84.6 Å². The molecule has 0 spiro atoms. The van der Waals surface area contributed by atoms with Gasteiger partial charge in [0.05, 0.1) is 79.3 Å². The molecule has 27 heteroatoms. The van der Waals surface area contributed by atoms with Crippen molar-refractivity contribution in [1.82, 2.24) is 0 Å². The first-order valence-corrected chi connectivity index (χ1v) is 25.5. The van der Waals surface area contributed by atoms with Crippen LogP contribution in [0.15, 0.2) is 36.4 Å². The number of esters is 3. The van der Waals surface area contributed by atoms with E-state index >= 15 is 0 Å². The van der Waals surface area contributed by atoms with E-state index in [1.165, 1.54) is 57.2 Å². The molecule has 0 saturated heterocycles. The van der Waals surface area contributed by atoms with E-state index in [-0.39, 0.29) is 163 Å². The van der Waals surface area contributed by atoms with E-state index in [0.717, 1.165) is 0 Å². The zero-order chi connectivity index (χ0) is 48.5. The van der Waals surface area contributed by atoms with Gasteiger partial charge in [0, 0.05) is 49.3 Å². The molecule has 0 N–H and O–H groups in total. The minimum atomic E-state index is -4.79. The average Bonchev–Trinajstić information content (AvgIpc) is 3.24. The molecule has 366 valence electrons. The Morgan fingerprint density at radius 1 is 0.420 bits per heavy atom. The first kappa shape index (κ1) is 64.6. The maximum absolute atomic E-state index is 13.5. The minimum absolute atomic E-state index is 0. The maximum atomic E-state index is 13.5. The minimum Gasteiger partial charge on any atom is -0.775 e. The molecule has 4 rings (SSSR count).